The zero-order valence-electron chi connectivity index (χ0n) is 15.9. The summed E-state index contributed by atoms with van der Waals surface area (Å²) >= 11 is 1.25. The quantitative estimate of drug-likeness (QED) is 0.781. The Labute approximate surface area is 168 Å². The van der Waals surface area contributed by atoms with Crippen molar-refractivity contribution in [3.63, 3.8) is 0 Å². The van der Waals surface area contributed by atoms with E-state index in [1.165, 1.54) is 31.0 Å². The van der Waals surface area contributed by atoms with Crippen LogP contribution >= 0.6 is 11.8 Å². The molecule has 1 aliphatic heterocycles. The Morgan fingerprint density at radius 1 is 1.25 bits per heavy atom. The third kappa shape index (κ3) is 4.06. The minimum absolute atomic E-state index is 0.0844. The number of hydrogen-bond acceptors (Lipinski definition) is 6. The summed E-state index contributed by atoms with van der Waals surface area (Å²) in [6, 6.07) is 7.15. The predicted molar refractivity (Wildman–Crippen MR) is 107 cm³/mol. The van der Waals surface area contributed by atoms with Crippen LogP contribution < -0.4 is 10.2 Å². The van der Waals surface area contributed by atoms with E-state index in [1.54, 1.807) is 4.90 Å². The molecule has 0 radical (unpaired) electrons. The van der Waals surface area contributed by atoms with Crippen LogP contribution in [0.4, 0.5) is 11.4 Å². The first kappa shape index (κ1) is 19.0. The maximum atomic E-state index is 13.0. The van der Waals surface area contributed by atoms with Crippen LogP contribution in [0.1, 0.15) is 57.3 Å². The van der Waals surface area contributed by atoms with Crippen molar-refractivity contribution in [2.24, 2.45) is 0 Å². The van der Waals surface area contributed by atoms with Crippen LogP contribution in [0.2, 0.25) is 0 Å². The van der Waals surface area contributed by atoms with Gasteiger partial charge in [0.1, 0.15) is 0 Å². The highest BCUT2D eigenvalue weighted by Crippen LogP contribution is 2.34. The highest BCUT2D eigenvalue weighted by atomic mass is 32.2. The standard InChI is InChI=1S/C20H24N4O3S/c1-13-11-17(25)21-15-9-5-6-10-16(15)24(13)18(26)12-28-20-23-22-19(27-20)14-7-3-2-4-8-14/h5-6,9-10,13-14H,2-4,7-8,11-12H2,1H3,(H,21,25)/t13-/m1/s1. The molecule has 8 heteroatoms. The van der Waals surface area contributed by atoms with Crippen molar-refractivity contribution in [2.45, 2.75) is 62.6 Å². The van der Waals surface area contributed by atoms with Crippen molar-refractivity contribution in [3.8, 4) is 0 Å². The van der Waals surface area contributed by atoms with Gasteiger partial charge < -0.3 is 14.6 Å². The highest BCUT2D eigenvalue weighted by Gasteiger charge is 2.30. The average Bonchev–Trinajstić information content (AvgIpc) is 3.12. The molecule has 148 valence electrons. The molecule has 1 fully saturated rings. The molecule has 4 rings (SSSR count). The van der Waals surface area contributed by atoms with Crippen LogP contribution in [0.25, 0.3) is 0 Å². The lowest BCUT2D eigenvalue weighted by molar-refractivity contribution is -0.117. The van der Waals surface area contributed by atoms with Crippen molar-refractivity contribution in [3.05, 3.63) is 30.2 Å². The second-order valence-corrected chi connectivity index (χ2v) is 8.34. The topological polar surface area (TPSA) is 88.3 Å². The van der Waals surface area contributed by atoms with E-state index in [0.717, 1.165) is 18.5 Å². The van der Waals surface area contributed by atoms with Gasteiger partial charge in [0, 0.05) is 18.4 Å². The van der Waals surface area contributed by atoms with Gasteiger partial charge in [-0.15, -0.1) is 10.2 Å². The molecular formula is C20H24N4O3S. The van der Waals surface area contributed by atoms with Crippen LogP contribution in [-0.4, -0.2) is 33.8 Å². The number of anilines is 2. The number of thioether (sulfide) groups is 1. The van der Waals surface area contributed by atoms with E-state index in [-0.39, 0.29) is 30.0 Å². The first-order valence-corrected chi connectivity index (χ1v) is 10.8. The Morgan fingerprint density at radius 2 is 2.04 bits per heavy atom. The van der Waals surface area contributed by atoms with Gasteiger partial charge in [0.25, 0.3) is 5.22 Å². The number of benzene rings is 1. The van der Waals surface area contributed by atoms with Crippen molar-refractivity contribution in [1.29, 1.82) is 0 Å². The summed E-state index contributed by atoms with van der Waals surface area (Å²) in [6.07, 6.45) is 6.12. The Hall–Kier alpha value is -2.35. The van der Waals surface area contributed by atoms with Gasteiger partial charge in [-0.05, 0) is 31.9 Å². The Bertz CT molecular complexity index is 863. The molecule has 2 heterocycles. The molecular weight excluding hydrogens is 376 g/mol. The fourth-order valence-electron chi connectivity index (χ4n) is 3.95. The van der Waals surface area contributed by atoms with E-state index in [1.807, 2.05) is 31.2 Å². The van der Waals surface area contributed by atoms with Gasteiger partial charge in [0.05, 0.1) is 17.1 Å². The van der Waals surface area contributed by atoms with Crippen molar-refractivity contribution < 1.29 is 14.0 Å². The number of amides is 2. The molecule has 1 aromatic carbocycles. The molecule has 0 bridgehead atoms. The summed E-state index contributed by atoms with van der Waals surface area (Å²) in [5.41, 5.74) is 1.38. The fourth-order valence-corrected chi connectivity index (χ4v) is 4.58. The van der Waals surface area contributed by atoms with Crippen molar-refractivity contribution in [1.82, 2.24) is 10.2 Å². The third-order valence-electron chi connectivity index (χ3n) is 5.32. The number of nitrogens with one attached hydrogen (secondary N) is 1. The van der Waals surface area contributed by atoms with Crippen molar-refractivity contribution in [2.75, 3.05) is 16.0 Å². The summed E-state index contributed by atoms with van der Waals surface area (Å²) in [5.74, 6) is 1.05. The molecule has 0 saturated heterocycles. The molecule has 1 aliphatic carbocycles. The first-order valence-electron chi connectivity index (χ1n) is 9.79. The number of para-hydroxylation sites is 2. The Morgan fingerprint density at radius 3 is 2.86 bits per heavy atom. The Balaban J connectivity index is 1.45. The lowest BCUT2D eigenvalue weighted by Crippen LogP contribution is -2.40. The molecule has 2 amide bonds. The number of hydrogen-bond donors (Lipinski definition) is 1. The highest BCUT2D eigenvalue weighted by molar-refractivity contribution is 7.99. The van der Waals surface area contributed by atoms with E-state index in [4.69, 9.17) is 4.42 Å². The predicted octanol–water partition coefficient (Wildman–Crippen LogP) is 3.97. The molecule has 2 aliphatic rings. The molecule has 0 unspecified atom stereocenters. The summed E-state index contributed by atoms with van der Waals surface area (Å²) in [5, 5.41) is 11.6. The maximum Gasteiger partial charge on any atom is 0.277 e. The van der Waals surface area contributed by atoms with E-state index in [2.05, 4.69) is 15.5 Å². The van der Waals surface area contributed by atoms with Gasteiger partial charge in [-0.2, -0.15) is 0 Å². The van der Waals surface area contributed by atoms with Gasteiger partial charge in [-0.3, -0.25) is 9.59 Å². The normalized spacial score (nSPS) is 20.4. The summed E-state index contributed by atoms with van der Waals surface area (Å²) in [4.78, 5) is 26.8. The smallest absolute Gasteiger partial charge is 0.277 e. The van der Waals surface area contributed by atoms with Gasteiger partial charge in [-0.25, -0.2) is 0 Å². The average molecular weight is 401 g/mol. The van der Waals surface area contributed by atoms with Gasteiger partial charge >= 0.3 is 0 Å². The van der Waals surface area contributed by atoms with Crippen LogP contribution in [0.15, 0.2) is 33.9 Å². The zero-order valence-corrected chi connectivity index (χ0v) is 16.7. The number of rotatable bonds is 4. The zero-order chi connectivity index (χ0) is 19.5. The molecule has 1 saturated carbocycles. The van der Waals surface area contributed by atoms with Gasteiger partial charge in [-0.1, -0.05) is 43.2 Å². The van der Waals surface area contributed by atoms with E-state index in [9.17, 15) is 9.59 Å². The van der Waals surface area contributed by atoms with E-state index < -0.39 is 0 Å². The number of fused-ring (bicyclic) bond motifs is 1. The van der Waals surface area contributed by atoms with Gasteiger partial charge in [0.2, 0.25) is 17.7 Å². The lowest BCUT2D eigenvalue weighted by Gasteiger charge is -2.27. The number of nitrogens with zero attached hydrogens (tertiary/aromatic N) is 3. The van der Waals surface area contributed by atoms with Crippen LogP contribution in [0.3, 0.4) is 0 Å². The molecule has 1 aromatic heterocycles. The maximum absolute atomic E-state index is 13.0. The second kappa shape index (κ2) is 8.34. The lowest BCUT2D eigenvalue weighted by atomic mass is 9.89. The van der Waals surface area contributed by atoms with Gasteiger partial charge in [0.15, 0.2) is 0 Å². The van der Waals surface area contributed by atoms with Crippen LogP contribution in [0, 0.1) is 0 Å². The van der Waals surface area contributed by atoms with Crippen LogP contribution in [0.5, 0.6) is 0 Å². The Kier molecular flexibility index (Phi) is 5.66. The largest absolute Gasteiger partial charge is 0.416 e. The van der Waals surface area contributed by atoms with E-state index >= 15 is 0 Å². The van der Waals surface area contributed by atoms with E-state index in [0.29, 0.717) is 22.7 Å². The fraction of sp³-hybridized carbons (Fsp3) is 0.500. The summed E-state index contributed by atoms with van der Waals surface area (Å²) in [6.45, 7) is 1.89. The SMILES string of the molecule is C[C@@H]1CC(=O)Nc2ccccc2N1C(=O)CSc1nnc(C2CCCCC2)o1. The number of carbonyl (C=O) groups excluding carboxylic acids is 2. The number of carbonyl (C=O) groups is 2. The monoisotopic (exact) mass is 400 g/mol. The molecule has 1 N–H and O–H groups in total. The number of aromatic nitrogens is 2. The third-order valence-corrected chi connectivity index (χ3v) is 6.13. The second-order valence-electron chi connectivity index (χ2n) is 7.41. The summed E-state index contributed by atoms with van der Waals surface area (Å²) < 4.78 is 5.80. The molecule has 7 nitrogen and oxygen atoms in total. The molecule has 0 spiro atoms. The minimum atomic E-state index is -0.225. The molecule has 1 atom stereocenters. The first-order chi connectivity index (χ1) is 13.6. The van der Waals surface area contributed by atoms with Crippen molar-refractivity contribution >= 4 is 35.0 Å². The minimum Gasteiger partial charge on any atom is -0.416 e. The molecule has 28 heavy (non-hydrogen) atoms. The van der Waals surface area contributed by atoms with Crippen LogP contribution in [-0.2, 0) is 9.59 Å². The summed E-state index contributed by atoms with van der Waals surface area (Å²) in [7, 11) is 0. The molecule has 2 aromatic rings.